The van der Waals surface area contributed by atoms with Gasteiger partial charge >= 0.3 is 0 Å². The summed E-state index contributed by atoms with van der Waals surface area (Å²) in [4.78, 5) is 4.92. The number of benzene rings is 9. The van der Waals surface area contributed by atoms with Crippen molar-refractivity contribution in [3.63, 3.8) is 0 Å². The van der Waals surface area contributed by atoms with E-state index in [1.54, 1.807) is 0 Å². The molecule has 9 aromatic carbocycles. The zero-order chi connectivity index (χ0) is 50.0. The van der Waals surface area contributed by atoms with Crippen LogP contribution in [0.5, 0.6) is 11.5 Å². The Kier molecular flexibility index (Phi) is 9.61. The molecule has 4 aromatic heterocycles. The Labute approximate surface area is 430 Å². The van der Waals surface area contributed by atoms with Gasteiger partial charge < -0.3 is 9.15 Å². The third kappa shape index (κ3) is 6.93. The highest BCUT2D eigenvalue weighted by atomic mass is 16.5. The Morgan fingerprint density at radius 1 is 0.459 bits per heavy atom. The Balaban J connectivity index is 0.973. The first-order valence-corrected chi connectivity index (χ1v) is 25.5. The van der Waals surface area contributed by atoms with Gasteiger partial charge in [-0.25, -0.2) is 4.98 Å². The van der Waals surface area contributed by atoms with Crippen molar-refractivity contribution in [2.45, 2.75) is 52.4 Å². The van der Waals surface area contributed by atoms with Gasteiger partial charge in [-0.05, 0) is 133 Å². The lowest BCUT2D eigenvalue weighted by Gasteiger charge is -2.24. The smallest absolute Gasteiger partial charge is 0.269 e. The van der Waals surface area contributed by atoms with Crippen LogP contribution in [0.25, 0.3) is 116 Å². The van der Waals surface area contributed by atoms with Crippen LogP contribution >= 0.6 is 0 Å². The van der Waals surface area contributed by atoms with Crippen LogP contribution in [0.1, 0.15) is 52.7 Å². The molecule has 0 spiro atoms. The maximum absolute atomic E-state index is 6.89. The van der Waals surface area contributed by atoms with E-state index in [1.165, 1.54) is 33.2 Å². The maximum atomic E-state index is 6.89. The zero-order valence-corrected chi connectivity index (χ0v) is 42.2. The minimum Gasteiger partial charge on any atom is -0.458 e. The van der Waals surface area contributed by atoms with Crippen molar-refractivity contribution in [1.82, 2.24) is 14.1 Å². The Morgan fingerprint density at radius 3 is 1.96 bits per heavy atom. The Hall–Kier alpha value is -9.00. The molecule has 5 heterocycles. The van der Waals surface area contributed by atoms with Crippen molar-refractivity contribution in [3.05, 3.63) is 224 Å². The van der Waals surface area contributed by atoms with Crippen molar-refractivity contribution in [2.75, 3.05) is 0 Å². The maximum Gasteiger partial charge on any atom is 0.269 e. The number of hydrogen-bond donors (Lipinski definition) is 0. The summed E-state index contributed by atoms with van der Waals surface area (Å²) in [5, 5.41) is 4.49. The van der Waals surface area contributed by atoms with Crippen LogP contribution < -0.4 is 9.30 Å². The van der Waals surface area contributed by atoms with E-state index in [9.17, 15) is 0 Å². The van der Waals surface area contributed by atoms with Gasteiger partial charge in [0.2, 0.25) is 0 Å². The normalized spacial score (nSPS) is 12.5. The summed E-state index contributed by atoms with van der Waals surface area (Å²) in [6.45, 7) is 13.6. The fourth-order valence-corrected chi connectivity index (χ4v) is 11.4. The lowest BCUT2D eigenvalue weighted by atomic mass is 9.81. The quantitative estimate of drug-likeness (QED) is 0.128. The lowest BCUT2D eigenvalue weighted by Crippen LogP contribution is -2.32. The molecule has 0 aliphatic carbocycles. The topological polar surface area (TPSA) is 49.0 Å². The van der Waals surface area contributed by atoms with E-state index in [4.69, 9.17) is 14.1 Å². The van der Waals surface area contributed by atoms with Crippen LogP contribution in [-0.4, -0.2) is 14.1 Å². The number of fused-ring (bicyclic) bond motifs is 13. The third-order valence-electron chi connectivity index (χ3n) is 15.1. The molecule has 0 unspecified atom stereocenters. The minimum absolute atomic E-state index is 0.0302. The summed E-state index contributed by atoms with van der Waals surface area (Å²) >= 11 is 0. The molecule has 0 radical (unpaired) electrons. The van der Waals surface area contributed by atoms with Gasteiger partial charge in [0.25, 0.3) is 6.33 Å². The average Bonchev–Trinajstić information content (AvgIpc) is 4.10. The fourth-order valence-electron chi connectivity index (χ4n) is 11.4. The molecule has 0 saturated heterocycles. The number of aromatic nitrogens is 4. The Morgan fingerprint density at radius 2 is 1.11 bits per heavy atom. The van der Waals surface area contributed by atoms with Gasteiger partial charge in [-0.2, -0.15) is 0 Å². The highest BCUT2D eigenvalue weighted by Gasteiger charge is 2.28. The first-order valence-electron chi connectivity index (χ1n) is 25.5. The van der Waals surface area contributed by atoms with Gasteiger partial charge in [0.15, 0.2) is 0 Å². The minimum atomic E-state index is -0.0799. The third-order valence-corrected chi connectivity index (χ3v) is 15.1. The number of para-hydroxylation sites is 4. The highest BCUT2D eigenvalue weighted by molar-refractivity contribution is 6.10. The Bertz CT molecular complexity index is 4440. The van der Waals surface area contributed by atoms with E-state index in [0.717, 1.165) is 100 Å². The average molecular weight is 957 g/mol. The van der Waals surface area contributed by atoms with Crippen molar-refractivity contribution in [1.29, 1.82) is 0 Å². The summed E-state index contributed by atoms with van der Waals surface area (Å²) in [5.41, 5.74) is 19.5. The van der Waals surface area contributed by atoms with Gasteiger partial charge in [0.1, 0.15) is 28.5 Å². The second kappa shape index (κ2) is 16.3. The number of hydrogen-bond acceptors (Lipinski definition) is 3. The van der Waals surface area contributed by atoms with E-state index in [0.29, 0.717) is 5.75 Å². The van der Waals surface area contributed by atoms with Gasteiger partial charge in [0.05, 0.1) is 33.4 Å². The van der Waals surface area contributed by atoms with Crippen LogP contribution in [0, 0.1) is 6.33 Å². The lowest BCUT2D eigenvalue weighted by molar-refractivity contribution is -0.570. The number of imidazole rings is 1. The molecule has 13 aromatic rings. The van der Waals surface area contributed by atoms with E-state index in [1.807, 2.05) is 24.4 Å². The summed E-state index contributed by atoms with van der Waals surface area (Å²) in [7, 11) is 0. The largest absolute Gasteiger partial charge is 0.458 e. The van der Waals surface area contributed by atoms with Gasteiger partial charge in [-0.3, -0.25) is 13.7 Å². The van der Waals surface area contributed by atoms with Crippen LogP contribution in [0.15, 0.2) is 211 Å². The van der Waals surface area contributed by atoms with Crippen LogP contribution in [-0.2, 0) is 10.8 Å². The monoisotopic (exact) mass is 956 g/mol. The van der Waals surface area contributed by atoms with Gasteiger partial charge in [-0.15, -0.1) is 0 Å². The number of rotatable bonds is 5. The van der Waals surface area contributed by atoms with E-state index < -0.39 is 0 Å². The number of ether oxygens (including phenoxy) is 1. The second-order valence-corrected chi connectivity index (χ2v) is 21.8. The molecule has 0 atom stereocenters. The molecule has 356 valence electrons. The SMILES string of the molecule is CC(C)(C)c1ccnc(-n2c3ccccc3c3ccc(Oc4cccc(-n5[c-][n+]6c7c(cccc75)-c5ccccc5-c5ccc(C(C)(C)C)cc5-c5cccc(-c7ccc8oc9ccccc9c8c7)c5-6)c4)cc32)c1. The van der Waals surface area contributed by atoms with Crippen LogP contribution in [0.4, 0.5) is 0 Å². The molecular weight excluding hydrogens is 905 g/mol. The summed E-state index contributed by atoms with van der Waals surface area (Å²) < 4.78 is 20.0. The molecule has 14 rings (SSSR count). The molecule has 0 saturated carbocycles. The van der Waals surface area contributed by atoms with Crippen LogP contribution in [0.3, 0.4) is 0 Å². The molecule has 6 heteroatoms. The van der Waals surface area contributed by atoms with Crippen molar-refractivity contribution in [3.8, 4) is 73.2 Å². The number of furan rings is 1. The van der Waals surface area contributed by atoms with E-state index in [2.05, 4.69) is 244 Å². The number of nitrogens with zero attached hydrogens (tertiary/aromatic N) is 4. The van der Waals surface area contributed by atoms with Crippen molar-refractivity contribution in [2.24, 2.45) is 0 Å². The van der Waals surface area contributed by atoms with Crippen molar-refractivity contribution >= 4 is 54.8 Å². The molecule has 0 fully saturated rings. The van der Waals surface area contributed by atoms with Crippen LogP contribution in [0.2, 0.25) is 0 Å². The second-order valence-electron chi connectivity index (χ2n) is 21.8. The fraction of sp³-hybridized carbons (Fsp3) is 0.118. The first kappa shape index (κ1) is 43.8. The standard InChI is InChI=1S/C68H52N4O2/c1-67(2,3)43-29-31-51-49-18-7-8-19-50(49)55-24-15-26-60-66(55)71(65-48(22-14-23-56(65)57(51)37-43)42-28-33-63-58(36-42)54-21-10-12-27-62(54)74-63)41-70(60)45-16-13-17-46(39-45)73-47-30-32-53-52-20-9-11-25-59(52)72(61(53)40-47)64-38-44(34-35-69-64)68(4,5)6/h7-40H,1-6H3. The molecule has 74 heavy (non-hydrogen) atoms. The van der Waals surface area contributed by atoms with Crippen molar-refractivity contribution < 1.29 is 13.7 Å². The summed E-state index contributed by atoms with van der Waals surface area (Å²) in [6.07, 6.45) is 5.92. The highest BCUT2D eigenvalue weighted by Crippen LogP contribution is 2.47. The summed E-state index contributed by atoms with van der Waals surface area (Å²) in [5.74, 6) is 2.33. The molecular formula is C68H52N4O2. The van der Waals surface area contributed by atoms with E-state index in [-0.39, 0.29) is 10.8 Å². The van der Waals surface area contributed by atoms with Gasteiger partial charge in [0, 0.05) is 33.8 Å². The first-order chi connectivity index (χ1) is 35.9. The zero-order valence-electron chi connectivity index (χ0n) is 42.2. The summed E-state index contributed by atoms with van der Waals surface area (Å²) in [6, 6.07) is 71.9. The molecule has 1 aliphatic rings. The molecule has 6 nitrogen and oxygen atoms in total. The van der Waals surface area contributed by atoms with E-state index >= 15 is 0 Å². The molecule has 0 amide bonds. The molecule has 1 aliphatic heterocycles. The predicted octanol–water partition coefficient (Wildman–Crippen LogP) is 17.5. The predicted molar refractivity (Wildman–Crippen MR) is 302 cm³/mol. The molecule has 0 N–H and O–H groups in total. The number of pyridine rings is 1. The molecule has 0 bridgehead atoms. The van der Waals surface area contributed by atoms with Gasteiger partial charge in [-0.1, -0.05) is 169 Å².